The maximum Gasteiger partial charge on any atom is 0.234 e. The number of para-hydroxylation sites is 1. The number of rotatable bonds is 3. The standard InChI is InChI=1S/C13H18N2O/c1-3-15-11-7-5-4-6-10(11)12(13(15)16)9(2)8-14/h4-7,9,12H,3,8,14H2,1-2H3. The highest BCUT2D eigenvalue weighted by atomic mass is 16.2. The maximum absolute atomic E-state index is 12.3. The molecule has 1 aliphatic rings. The number of nitrogens with two attached hydrogens (primary N) is 1. The number of amides is 1. The molecule has 3 heteroatoms. The van der Waals surface area contributed by atoms with E-state index in [-0.39, 0.29) is 17.7 Å². The number of carbonyl (C=O) groups excluding carboxylic acids is 1. The van der Waals surface area contributed by atoms with E-state index >= 15 is 0 Å². The van der Waals surface area contributed by atoms with Crippen LogP contribution in [0.1, 0.15) is 25.3 Å². The first kappa shape index (κ1) is 11.1. The number of hydrogen-bond acceptors (Lipinski definition) is 2. The van der Waals surface area contributed by atoms with Gasteiger partial charge in [0.1, 0.15) is 0 Å². The van der Waals surface area contributed by atoms with Crippen molar-refractivity contribution in [3.8, 4) is 0 Å². The van der Waals surface area contributed by atoms with Gasteiger partial charge >= 0.3 is 0 Å². The van der Waals surface area contributed by atoms with Crippen molar-refractivity contribution in [2.75, 3.05) is 18.0 Å². The molecular formula is C13H18N2O. The molecule has 2 rings (SSSR count). The third kappa shape index (κ3) is 1.52. The van der Waals surface area contributed by atoms with E-state index in [2.05, 4.69) is 0 Å². The largest absolute Gasteiger partial charge is 0.330 e. The van der Waals surface area contributed by atoms with Gasteiger partial charge in [-0.25, -0.2) is 0 Å². The van der Waals surface area contributed by atoms with E-state index < -0.39 is 0 Å². The number of anilines is 1. The van der Waals surface area contributed by atoms with Crippen LogP contribution in [0.3, 0.4) is 0 Å². The van der Waals surface area contributed by atoms with Crippen molar-refractivity contribution in [1.82, 2.24) is 0 Å². The number of benzene rings is 1. The molecule has 1 aromatic rings. The summed E-state index contributed by atoms with van der Waals surface area (Å²) in [5.74, 6) is 0.341. The number of fused-ring (bicyclic) bond motifs is 1. The Balaban J connectivity index is 2.46. The lowest BCUT2D eigenvalue weighted by Gasteiger charge is -2.18. The maximum atomic E-state index is 12.3. The number of nitrogens with zero attached hydrogens (tertiary/aromatic N) is 1. The van der Waals surface area contributed by atoms with Crippen LogP contribution in [0.4, 0.5) is 5.69 Å². The number of hydrogen-bond donors (Lipinski definition) is 1. The van der Waals surface area contributed by atoms with Crippen LogP contribution in [0.2, 0.25) is 0 Å². The first-order chi connectivity index (χ1) is 7.70. The second kappa shape index (κ2) is 4.26. The number of likely N-dealkylation sites (N-methyl/N-ethyl adjacent to an activating group) is 1. The summed E-state index contributed by atoms with van der Waals surface area (Å²) in [7, 11) is 0. The van der Waals surface area contributed by atoms with E-state index in [9.17, 15) is 4.79 Å². The first-order valence-electron chi connectivity index (χ1n) is 5.81. The molecule has 2 N–H and O–H groups in total. The fourth-order valence-corrected chi connectivity index (χ4v) is 2.43. The van der Waals surface area contributed by atoms with Gasteiger partial charge in [0.25, 0.3) is 0 Å². The van der Waals surface area contributed by atoms with Crippen LogP contribution in [0.25, 0.3) is 0 Å². The van der Waals surface area contributed by atoms with E-state index in [1.807, 2.05) is 43.0 Å². The average molecular weight is 218 g/mol. The molecule has 0 spiro atoms. The molecule has 1 aromatic carbocycles. The van der Waals surface area contributed by atoms with Crippen molar-refractivity contribution in [3.63, 3.8) is 0 Å². The zero-order valence-electron chi connectivity index (χ0n) is 9.81. The molecule has 3 nitrogen and oxygen atoms in total. The molecule has 16 heavy (non-hydrogen) atoms. The smallest absolute Gasteiger partial charge is 0.234 e. The highest BCUT2D eigenvalue weighted by Gasteiger charge is 2.38. The Morgan fingerprint density at radius 1 is 1.44 bits per heavy atom. The molecule has 0 bridgehead atoms. The van der Waals surface area contributed by atoms with Crippen LogP contribution in [-0.4, -0.2) is 19.0 Å². The van der Waals surface area contributed by atoms with Crippen molar-refractivity contribution >= 4 is 11.6 Å². The van der Waals surface area contributed by atoms with Crippen LogP contribution in [-0.2, 0) is 4.79 Å². The molecule has 0 saturated carbocycles. The Kier molecular flexibility index (Phi) is 2.97. The Hall–Kier alpha value is -1.35. The number of carbonyl (C=O) groups is 1. The summed E-state index contributed by atoms with van der Waals surface area (Å²) in [5, 5.41) is 0. The van der Waals surface area contributed by atoms with Gasteiger partial charge in [-0.3, -0.25) is 4.79 Å². The van der Waals surface area contributed by atoms with Gasteiger partial charge in [0.2, 0.25) is 5.91 Å². The van der Waals surface area contributed by atoms with Gasteiger partial charge in [-0.1, -0.05) is 25.1 Å². The summed E-state index contributed by atoms with van der Waals surface area (Å²) >= 11 is 0. The average Bonchev–Trinajstić information content (AvgIpc) is 2.60. The van der Waals surface area contributed by atoms with Crippen LogP contribution < -0.4 is 10.6 Å². The van der Waals surface area contributed by atoms with Crippen LogP contribution in [0.15, 0.2) is 24.3 Å². The lowest BCUT2D eigenvalue weighted by atomic mass is 9.88. The van der Waals surface area contributed by atoms with Crippen molar-refractivity contribution in [2.24, 2.45) is 11.7 Å². The molecule has 2 unspecified atom stereocenters. The quantitative estimate of drug-likeness (QED) is 0.839. The molecule has 86 valence electrons. The molecule has 0 radical (unpaired) electrons. The molecule has 1 amide bonds. The zero-order chi connectivity index (χ0) is 11.7. The van der Waals surface area contributed by atoms with Crippen molar-refractivity contribution in [1.29, 1.82) is 0 Å². The predicted octanol–water partition coefficient (Wildman–Crippen LogP) is 1.73. The van der Waals surface area contributed by atoms with Gasteiger partial charge < -0.3 is 10.6 Å². The molecule has 0 aliphatic carbocycles. The second-order valence-electron chi connectivity index (χ2n) is 4.33. The van der Waals surface area contributed by atoms with E-state index in [0.717, 1.165) is 17.8 Å². The predicted molar refractivity (Wildman–Crippen MR) is 65.4 cm³/mol. The van der Waals surface area contributed by atoms with Gasteiger partial charge in [0.05, 0.1) is 5.92 Å². The summed E-state index contributed by atoms with van der Waals surface area (Å²) in [6, 6.07) is 8.02. The molecule has 1 heterocycles. The van der Waals surface area contributed by atoms with Crippen LogP contribution in [0, 0.1) is 5.92 Å². The molecule has 0 fully saturated rings. The highest BCUT2D eigenvalue weighted by Crippen LogP contribution is 2.40. The second-order valence-corrected chi connectivity index (χ2v) is 4.33. The minimum Gasteiger partial charge on any atom is -0.330 e. The van der Waals surface area contributed by atoms with E-state index in [0.29, 0.717) is 6.54 Å². The van der Waals surface area contributed by atoms with Crippen LogP contribution >= 0.6 is 0 Å². The Morgan fingerprint density at radius 3 is 2.75 bits per heavy atom. The van der Waals surface area contributed by atoms with E-state index in [4.69, 9.17) is 5.73 Å². The lowest BCUT2D eigenvalue weighted by molar-refractivity contribution is -0.120. The topological polar surface area (TPSA) is 46.3 Å². The van der Waals surface area contributed by atoms with Gasteiger partial charge in [-0.2, -0.15) is 0 Å². The van der Waals surface area contributed by atoms with E-state index in [1.54, 1.807) is 0 Å². The van der Waals surface area contributed by atoms with Crippen molar-refractivity contribution < 1.29 is 4.79 Å². The molecule has 1 aliphatic heterocycles. The monoisotopic (exact) mass is 218 g/mol. The Bertz CT molecular complexity index is 403. The molecule has 0 aromatic heterocycles. The molecule has 2 atom stereocenters. The fraction of sp³-hybridized carbons (Fsp3) is 0.462. The van der Waals surface area contributed by atoms with Gasteiger partial charge in [-0.15, -0.1) is 0 Å². The van der Waals surface area contributed by atoms with Crippen LogP contribution in [0.5, 0.6) is 0 Å². The SMILES string of the molecule is CCN1C(=O)C(C(C)CN)c2ccccc21. The first-order valence-corrected chi connectivity index (χ1v) is 5.81. The fourth-order valence-electron chi connectivity index (χ4n) is 2.43. The van der Waals surface area contributed by atoms with Gasteiger partial charge in [-0.05, 0) is 31.0 Å². The molecule has 0 saturated heterocycles. The van der Waals surface area contributed by atoms with Gasteiger partial charge in [0, 0.05) is 12.2 Å². The summed E-state index contributed by atoms with van der Waals surface area (Å²) < 4.78 is 0. The molecular weight excluding hydrogens is 200 g/mol. The third-order valence-electron chi connectivity index (χ3n) is 3.35. The summed E-state index contributed by atoms with van der Waals surface area (Å²) in [4.78, 5) is 14.1. The lowest BCUT2D eigenvalue weighted by Crippen LogP contribution is -2.32. The Morgan fingerprint density at radius 2 is 2.12 bits per heavy atom. The van der Waals surface area contributed by atoms with Crippen molar-refractivity contribution in [3.05, 3.63) is 29.8 Å². The minimum absolute atomic E-state index is 0.0545. The summed E-state index contributed by atoms with van der Waals surface area (Å²) in [6.45, 7) is 5.31. The normalized spacial score (nSPS) is 21.1. The van der Waals surface area contributed by atoms with Gasteiger partial charge in [0.15, 0.2) is 0 Å². The third-order valence-corrected chi connectivity index (χ3v) is 3.35. The summed E-state index contributed by atoms with van der Waals surface area (Å²) in [5.41, 5.74) is 7.87. The minimum atomic E-state index is -0.0545. The van der Waals surface area contributed by atoms with Crippen molar-refractivity contribution in [2.45, 2.75) is 19.8 Å². The van der Waals surface area contributed by atoms with E-state index in [1.165, 1.54) is 0 Å². The highest BCUT2D eigenvalue weighted by molar-refractivity contribution is 6.05. The Labute approximate surface area is 96.2 Å². The zero-order valence-corrected chi connectivity index (χ0v) is 9.81. The summed E-state index contributed by atoms with van der Waals surface area (Å²) in [6.07, 6.45) is 0.